The van der Waals surface area contributed by atoms with Crippen LogP contribution in [0.5, 0.6) is 11.5 Å². The van der Waals surface area contributed by atoms with Crippen LogP contribution in [-0.2, 0) is 27.8 Å². The highest BCUT2D eigenvalue weighted by atomic mass is 16.5. The maximum Gasteiger partial charge on any atom is 0.222 e. The lowest BCUT2D eigenvalue weighted by Crippen LogP contribution is -2.69. The summed E-state index contributed by atoms with van der Waals surface area (Å²) < 4.78 is 12.8. The van der Waals surface area contributed by atoms with Crippen molar-refractivity contribution in [3.63, 3.8) is 0 Å². The van der Waals surface area contributed by atoms with Crippen LogP contribution in [0.4, 0.5) is 0 Å². The molecule has 1 saturated heterocycles. The van der Waals surface area contributed by atoms with Crippen LogP contribution in [0.15, 0.2) is 42.5 Å². The average molecular weight is 545 g/mol. The second-order valence-electron chi connectivity index (χ2n) is 12.4. The molecule has 2 aliphatic heterocycles. The highest BCUT2D eigenvalue weighted by Gasteiger charge is 2.66. The third-order valence-corrected chi connectivity index (χ3v) is 10.3. The number of unbranched alkanes of at least 4 members (excludes halogenated alkanes) is 2. The smallest absolute Gasteiger partial charge is 0.222 e. The van der Waals surface area contributed by atoms with Gasteiger partial charge < -0.3 is 14.4 Å². The van der Waals surface area contributed by atoms with Gasteiger partial charge in [0.25, 0.3) is 0 Å². The van der Waals surface area contributed by atoms with Crippen molar-refractivity contribution in [1.82, 2.24) is 9.80 Å². The second-order valence-corrected chi connectivity index (χ2v) is 12.4. The number of carbonyl (C=O) groups excluding carboxylic acids is 2. The summed E-state index contributed by atoms with van der Waals surface area (Å²) >= 11 is 0. The van der Waals surface area contributed by atoms with Crippen molar-refractivity contribution in [1.29, 1.82) is 0 Å². The van der Waals surface area contributed by atoms with Crippen LogP contribution in [0.3, 0.4) is 0 Å². The molecular weight excluding hydrogens is 500 g/mol. The van der Waals surface area contributed by atoms with Crippen molar-refractivity contribution >= 4 is 11.7 Å². The highest BCUT2D eigenvalue weighted by Crippen LogP contribution is 2.64. The molecule has 2 heterocycles. The van der Waals surface area contributed by atoms with Gasteiger partial charge >= 0.3 is 0 Å². The van der Waals surface area contributed by atoms with Crippen LogP contribution in [-0.4, -0.2) is 66.4 Å². The van der Waals surface area contributed by atoms with Crippen molar-refractivity contribution in [3.05, 3.63) is 59.2 Å². The van der Waals surface area contributed by atoms with E-state index in [1.807, 2.05) is 6.07 Å². The monoisotopic (exact) mass is 544 g/mol. The zero-order valence-corrected chi connectivity index (χ0v) is 24.4. The molecule has 4 aliphatic rings. The SMILES string of the molecule is CCN(C(=O)CCCCCc1ccccc1)[C@H]1CC[C@H]2[C@H]3Cc4ccc(OC)c5c4[C@@]2(CCN3CC(C)=O)[C@H]1O5. The van der Waals surface area contributed by atoms with Crippen LogP contribution in [0, 0.1) is 5.92 Å². The van der Waals surface area contributed by atoms with Crippen molar-refractivity contribution in [3.8, 4) is 11.5 Å². The second kappa shape index (κ2) is 11.2. The number of ether oxygens (including phenoxy) is 2. The van der Waals surface area contributed by atoms with Crippen LogP contribution >= 0.6 is 0 Å². The highest BCUT2D eigenvalue weighted by molar-refractivity contribution is 5.78. The number of hydrogen-bond donors (Lipinski definition) is 0. The molecule has 6 rings (SSSR count). The number of rotatable bonds is 11. The topological polar surface area (TPSA) is 59.1 Å². The van der Waals surface area contributed by atoms with Gasteiger partial charge in [-0.3, -0.25) is 14.5 Å². The molecule has 0 radical (unpaired) electrons. The fourth-order valence-electron chi connectivity index (χ4n) is 8.72. The Labute approximate surface area is 239 Å². The van der Waals surface area contributed by atoms with E-state index in [1.165, 1.54) is 16.7 Å². The zero-order valence-electron chi connectivity index (χ0n) is 24.4. The van der Waals surface area contributed by atoms with E-state index in [1.54, 1.807) is 14.0 Å². The quantitative estimate of drug-likeness (QED) is 0.357. The van der Waals surface area contributed by atoms with E-state index >= 15 is 0 Å². The third-order valence-electron chi connectivity index (χ3n) is 10.3. The van der Waals surface area contributed by atoms with E-state index in [2.05, 4.69) is 53.1 Å². The Morgan fingerprint density at radius 3 is 2.67 bits per heavy atom. The van der Waals surface area contributed by atoms with Crippen LogP contribution in [0.2, 0.25) is 0 Å². The van der Waals surface area contributed by atoms with Gasteiger partial charge in [0.15, 0.2) is 11.5 Å². The Morgan fingerprint density at radius 2 is 1.93 bits per heavy atom. The number of carbonyl (C=O) groups is 2. The Hall–Kier alpha value is -2.86. The molecule has 0 unspecified atom stereocenters. The third kappa shape index (κ3) is 4.52. The van der Waals surface area contributed by atoms with Crippen LogP contribution in [0.25, 0.3) is 0 Å². The van der Waals surface area contributed by atoms with Gasteiger partial charge in [-0.15, -0.1) is 0 Å². The fourth-order valence-corrected chi connectivity index (χ4v) is 8.72. The molecule has 1 spiro atoms. The molecule has 214 valence electrons. The van der Waals surface area contributed by atoms with Crippen LogP contribution < -0.4 is 9.47 Å². The summed E-state index contributed by atoms with van der Waals surface area (Å²) in [4.78, 5) is 30.4. The predicted molar refractivity (Wildman–Crippen MR) is 156 cm³/mol. The maximum absolute atomic E-state index is 13.7. The number of methoxy groups -OCH3 is 1. The summed E-state index contributed by atoms with van der Waals surface area (Å²) in [5.41, 5.74) is 3.92. The number of aryl methyl sites for hydroxylation is 1. The zero-order chi connectivity index (χ0) is 27.9. The number of Topliss-reactive ketones (excluding diaryl/α,β-unsaturated/α-hetero) is 1. The van der Waals surface area contributed by atoms with E-state index < -0.39 is 0 Å². The summed E-state index contributed by atoms with van der Waals surface area (Å²) in [6.07, 6.45) is 8.61. The van der Waals surface area contributed by atoms with E-state index in [0.29, 0.717) is 31.5 Å². The number of benzene rings is 2. The van der Waals surface area contributed by atoms with E-state index in [9.17, 15) is 9.59 Å². The Bertz CT molecular complexity index is 1250. The number of amides is 1. The molecule has 6 heteroatoms. The molecule has 2 aliphatic carbocycles. The first kappa shape index (κ1) is 27.3. The molecule has 2 aromatic rings. The summed E-state index contributed by atoms with van der Waals surface area (Å²) in [6.45, 7) is 5.94. The molecule has 2 fully saturated rings. The average Bonchev–Trinajstić information content (AvgIpc) is 3.30. The minimum atomic E-state index is -0.123. The Morgan fingerprint density at radius 1 is 1.10 bits per heavy atom. The maximum atomic E-state index is 13.7. The fraction of sp³-hybridized carbons (Fsp3) is 0.588. The van der Waals surface area contributed by atoms with Crippen molar-refractivity contribution in [2.24, 2.45) is 5.92 Å². The lowest BCUT2D eigenvalue weighted by atomic mass is 9.51. The lowest BCUT2D eigenvalue weighted by molar-refractivity contribution is -0.143. The van der Waals surface area contributed by atoms with Gasteiger partial charge in [-0.05, 0) is 88.4 Å². The predicted octanol–water partition coefficient (Wildman–Crippen LogP) is 5.34. The van der Waals surface area contributed by atoms with Gasteiger partial charge in [-0.2, -0.15) is 0 Å². The Balaban J connectivity index is 1.22. The van der Waals surface area contributed by atoms with Gasteiger partial charge in [0.2, 0.25) is 5.91 Å². The number of nitrogens with zero attached hydrogens (tertiary/aromatic N) is 2. The molecule has 40 heavy (non-hydrogen) atoms. The lowest BCUT2D eigenvalue weighted by Gasteiger charge is -2.60. The molecule has 5 atom stereocenters. The number of hydrogen-bond acceptors (Lipinski definition) is 5. The summed E-state index contributed by atoms with van der Waals surface area (Å²) in [6, 6.07) is 15.3. The van der Waals surface area contributed by atoms with Crippen molar-refractivity contribution in [2.45, 2.75) is 95.2 Å². The van der Waals surface area contributed by atoms with Crippen LogP contribution in [0.1, 0.15) is 75.5 Å². The molecule has 1 saturated carbocycles. The van der Waals surface area contributed by atoms with Crippen molar-refractivity contribution in [2.75, 3.05) is 26.7 Å². The molecule has 0 aromatic heterocycles. The largest absolute Gasteiger partial charge is 0.493 e. The van der Waals surface area contributed by atoms with Gasteiger partial charge in [0.1, 0.15) is 11.9 Å². The summed E-state index contributed by atoms with van der Waals surface area (Å²) in [5, 5.41) is 0. The Kier molecular flexibility index (Phi) is 7.64. The minimum Gasteiger partial charge on any atom is -0.493 e. The molecule has 2 bridgehead atoms. The molecule has 1 amide bonds. The van der Waals surface area contributed by atoms with Gasteiger partial charge in [-0.1, -0.05) is 42.8 Å². The van der Waals surface area contributed by atoms with E-state index in [4.69, 9.17) is 9.47 Å². The van der Waals surface area contributed by atoms with Gasteiger partial charge in [0, 0.05) is 30.0 Å². The number of piperidine rings is 1. The summed E-state index contributed by atoms with van der Waals surface area (Å²) in [7, 11) is 1.72. The molecule has 6 nitrogen and oxygen atoms in total. The van der Waals surface area contributed by atoms with E-state index in [0.717, 1.165) is 69.4 Å². The number of likely N-dealkylation sites (tertiary alicyclic amines) is 1. The standard InChI is InChI=1S/C34H44N2O4/c1-4-36(30(38)14-10-6-9-13-24-11-7-5-8-12-24)27-17-16-26-28-21-25-15-18-29(39-3)32-31(25)34(26,33(27)40-32)19-20-35(28)22-23(2)37/h5,7-8,11-12,15,18,26-28,33H,4,6,9-10,13-14,16-17,19-22H2,1-3H3/t26-,27-,28+,33-,34-/m0/s1. The minimum absolute atomic E-state index is 0.0566. The first-order chi connectivity index (χ1) is 19.5. The first-order valence-electron chi connectivity index (χ1n) is 15.4. The van der Waals surface area contributed by atoms with Gasteiger partial charge in [0.05, 0.1) is 19.7 Å². The number of ketones is 1. The summed E-state index contributed by atoms with van der Waals surface area (Å²) in [5.74, 6) is 2.63. The molecule has 0 N–H and O–H groups in total. The number of likely N-dealkylation sites (N-methyl/N-ethyl adjacent to an activating group) is 1. The normalized spacial score (nSPS) is 28.0. The molecular formula is C34H44N2O4. The molecule has 2 aromatic carbocycles. The van der Waals surface area contributed by atoms with E-state index in [-0.39, 0.29) is 29.3 Å². The van der Waals surface area contributed by atoms with Crippen molar-refractivity contribution < 1.29 is 19.1 Å². The first-order valence-corrected chi connectivity index (χ1v) is 15.4. The van der Waals surface area contributed by atoms with Gasteiger partial charge in [-0.25, -0.2) is 0 Å².